The molecule has 0 bridgehead atoms. The van der Waals surface area contributed by atoms with Gasteiger partial charge in [-0.2, -0.15) is 0 Å². The zero-order valence-electron chi connectivity index (χ0n) is 8.85. The van der Waals surface area contributed by atoms with Crippen molar-refractivity contribution in [1.82, 2.24) is 0 Å². The highest BCUT2D eigenvalue weighted by Gasteiger charge is 2.22. The molecule has 0 spiro atoms. The molecule has 0 aromatic heterocycles. The van der Waals surface area contributed by atoms with Crippen molar-refractivity contribution in [3.63, 3.8) is 0 Å². The summed E-state index contributed by atoms with van der Waals surface area (Å²) < 4.78 is 0.141. The van der Waals surface area contributed by atoms with Crippen LogP contribution in [0.2, 0.25) is 0 Å². The van der Waals surface area contributed by atoms with Gasteiger partial charge >= 0.3 is 0 Å². The van der Waals surface area contributed by atoms with Gasteiger partial charge in [-0.05, 0) is 11.1 Å². The SMILES string of the molecule is [SiH3]C(P)(c1ccccc1)c1ccccc1. The number of benzene rings is 2. The van der Waals surface area contributed by atoms with Crippen LogP contribution in [0.25, 0.3) is 0 Å². The van der Waals surface area contributed by atoms with E-state index in [2.05, 4.69) is 69.9 Å². The first kappa shape index (κ1) is 10.6. The Morgan fingerprint density at radius 1 is 0.733 bits per heavy atom. The minimum atomic E-state index is 0.141. The maximum absolute atomic E-state index is 3.01. The van der Waals surface area contributed by atoms with E-state index in [0.29, 0.717) is 0 Å². The summed E-state index contributed by atoms with van der Waals surface area (Å²) in [5, 5.41) is 0. The van der Waals surface area contributed by atoms with E-state index >= 15 is 0 Å². The number of rotatable bonds is 2. The first-order valence-electron chi connectivity index (χ1n) is 5.11. The standard InChI is InChI=1S/C13H15PSi/c14-13(15,11-7-3-1-4-8-11)12-9-5-2-6-10-12/h1-10H,14H2,15H3. The van der Waals surface area contributed by atoms with Crippen molar-refractivity contribution in [1.29, 1.82) is 0 Å². The molecule has 2 rings (SSSR count). The lowest BCUT2D eigenvalue weighted by Crippen LogP contribution is -2.19. The van der Waals surface area contributed by atoms with E-state index in [1.807, 2.05) is 0 Å². The smallest absolute Gasteiger partial charge is 0.0266 e. The predicted octanol–water partition coefficient (Wildman–Crippen LogP) is 2.13. The molecule has 1 atom stereocenters. The van der Waals surface area contributed by atoms with E-state index in [4.69, 9.17) is 0 Å². The molecule has 1 unspecified atom stereocenters. The van der Waals surface area contributed by atoms with Gasteiger partial charge in [-0.25, -0.2) is 0 Å². The highest BCUT2D eigenvalue weighted by atomic mass is 31.0. The first-order chi connectivity index (χ1) is 7.21. The average molecular weight is 230 g/mol. The van der Waals surface area contributed by atoms with Crippen LogP contribution < -0.4 is 0 Å². The van der Waals surface area contributed by atoms with Crippen LogP contribution in [-0.2, 0) is 4.78 Å². The second-order valence-corrected chi connectivity index (χ2v) is 7.82. The van der Waals surface area contributed by atoms with Gasteiger partial charge in [-0.1, -0.05) is 60.7 Å². The topological polar surface area (TPSA) is 0 Å². The highest BCUT2D eigenvalue weighted by molar-refractivity contribution is 7.22. The third-order valence-electron chi connectivity index (χ3n) is 2.75. The maximum Gasteiger partial charge on any atom is 0.0266 e. The summed E-state index contributed by atoms with van der Waals surface area (Å²) in [7, 11) is 4.09. The van der Waals surface area contributed by atoms with E-state index in [1.54, 1.807) is 0 Å². The summed E-state index contributed by atoms with van der Waals surface area (Å²) >= 11 is 0. The Kier molecular flexibility index (Phi) is 3.04. The van der Waals surface area contributed by atoms with Crippen molar-refractivity contribution in [2.75, 3.05) is 0 Å². The molecule has 0 saturated carbocycles. The minimum Gasteiger partial charge on any atom is -0.126 e. The van der Waals surface area contributed by atoms with E-state index in [-0.39, 0.29) is 4.78 Å². The molecular formula is C13H15PSi. The van der Waals surface area contributed by atoms with Crippen molar-refractivity contribution in [3.8, 4) is 0 Å². The molecule has 0 nitrogen and oxygen atoms in total. The van der Waals surface area contributed by atoms with Gasteiger partial charge in [0, 0.05) is 15.0 Å². The Morgan fingerprint density at radius 2 is 1.07 bits per heavy atom. The molecule has 0 heterocycles. The van der Waals surface area contributed by atoms with Crippen LogP contribution in [0.3, 0.4) is 0 Å². The molecule has 0 radical (unpaired) electrons. The quantitative estimate of drug-likeness (QED) is 0.547. The molecule has 0 amide bonds. The van der Waals surface area contributed by atoms with Crippen molar-refractivity contribution < 1.29 is 0 Å². The van der Waals surface area contributed by atoms with E-state index in [1.165, 1.54) is 11.1 Å². The number of hydrogen-bond acceptors (Lipinski definition) is 0. The van der Waals surface area contributed by atoms with Crippen LogP contribution in [-0.4, -0.2) is 10.2 Å². The van der Waals surface area contributed by atoms with Gasteiger partial charge in [-0.15, -0.1) is 9.24 Å². The minimum absolute atomic E-state index is 0.141. The van der Waals surface area contributed by atoms with Gasteiger partial charge in [0.2, 0.25) is 0 Å². The van der Waals surface area contributed by atoms with Gasteiger partial charge in [0.25, 0.3) is 0 Å². The molecule has 0 aliphatic carbocycles. The van der Waals surface area contributed by atoms with Crippen molar-refractivity contribution >= 4 is 19.5 Å². The van der Waals surface area contributed by atoms with Crippen LogP contribution in [0.1, 0.15) is 11.1 Å². The summed E-state index contributed by atoms with van der Waals surface area (Å²) in [5.74, 6) is 0. The molecule has 0 aliphatic rings. The molecule has 2 heteroatoms. The largest absolute Gasteiger partial charge is 0.126 e. The lowest BCUT2D eigenvalue weighted by atomic mass is 10.0. The molecule has 0 fully saturated rings. The number of hydrogen-bond donors (Lipinski definition) is 0. The Bertz CT molecular complexity index is 381. The normalized spacial score (nSPS) is 11.5. The van der Waals surface area contributed by atoms with Crippen molar-refractivity contribution in [2.24, 2.45) is 0 Å². The van der Waals surface area contributed by atoms with Gasteiger partial charge < -0.3 is 0 Å². The van der Waals surface area contributed by atoms with Crippen LogP contribution in [0.5, 0.6) is 0 Å². The van der Waals surface area contributed by atoms with E-state index in [0.717, 1.165) is 10.2 Å². The molecule has 0 N–H and O–H groups in total. The Balaban J connectivity index is 2.44. The molecule has 2 aromatic rings. The summed E-state index contributed by atoms with van der Waals surface area (Å²) in [4.78, 5) is 0. The monoisotopic (exact) mass is 230 g/mol. The van der Waals surface area contributed by atoms with Crippen molar-refractivity contribution in [3.05, 3.63) is 71.8 Å². The summed E-state index contributed by atoms with van der Waals surface area (Å²) in [6.45, 7) is 0. The molecule has 15 heavy (non-hydrogen) atoms. The van der Waals surface area contributed by atoms with Gasteiger partial charge in [-0.3, -0.25) is 0 Å². The van der Waals surface area contributed by atoms with Gasteiger partial charge in [0.05, 0.1) is 0 Å². The van der Waals surface area contributed by atoms with Gasteiger partial charge in [0.15, 0.2) is 0 Å². The van der Waals surface area contributed by atoms with E-state index in [9.17, 15) is 0 Å². The van der Waals surface area contributed by atoms with E-state index < -0.39 is 0 Å². The van der Waals surface area contributed by atoms with Crippen LogP contribution in [0, 0.1) is 0 Å². The highest BCUT2D eigenvalue weighted by Crippen LogP contribution is 2.34. The molecule has 0 saturated heterocycles. The third-order valence-corrected chi connectivity index (χ3v) is 4.57. The zero-order valence-corrected chi connectivity index (χ0v) is 12.0. The van der Waals surface area contributed by atoms with Crippen molar-refractivity contribution in [2.45, 2.75) is 4.78 Å². The lowest BCUT2D eigenvalue weighted by molar-refractivity contribution is 1.06. The second kappa shape index (κ2) is 4.30. The first-order valence-corrected chi connectivity index (χ1v) is 6.69. The van der Waals surface area contributed by atoms with Crippen LogP contribution in [0.15, 0.2) is 60.7 Å². The fourth-order valence-electron chi connectivity index (χ4n) is 1.74. The van der Waals surface area contributed by atoms with Crippen LogP contribution in [0.4, 0.5) is 0 Å². The lowest BCUT2D eigenvalue weighted by Gasteiger charge is -2.25. The molecule has 0 aliphatic heterocycles. The van der Waals surface area contributed by atoms with Crippen LogP contribution >= 0.6 is 9.24 Å². The average Bonchev–Trinajstić information content (AvgIpc) is 2.31. The maximum atomic E-state index is 3.01. The fourth-order valence-corrected chi connectivity index (χ4v) is 2.79. The Hall–Kier alpha value is -0.913. The second-order valence-electron chi connectivity index (χ2n) is 3.93. The summed E-state index contributed by atoms with van der Waals surface area (Å²) in [6, 6.07) is 21.4. The molecular weight excluding hydrogens is 215 g/mol. The third kappa shape index (κ3) is 2.19. The molecule has 2 aromatic carbocycles. The summed E-state index contributed by atoms with van der Waals surface area (Å²) in [6.07, 6.45) is 0. The zero-order chi connectivity index (χ0) is 10.7. The Morgan fingerprint density at radius 3 is 1.40 bits per heavy atom. The molecule has 76 valence electrons. The fraction of sp³-hybridized carbons (Fsp3) is 0.0769. The predicted molar refractivity (Wildman–Crippen MR) is 73.3 cm³/mol. The Labute approximate surface area is 96.4 Å². The van der Waals surface area contributed by atoms with Gasteiger partial charge in [0.1, 0.15) is 0 Å². The summed E-state index contributed by atoms with van der Waals surface area (Å²) in [5.41, 5.74) is 2.76.